The summed E-state index contributed by atoms with van der Waals surface area (Å²) in [7, 11) is -3.75. The molecule has 7 nitrogen and oxygen atoms in total. The SMILES string of the molecule is CCOC(=O)CS(=O)(=O)Nc1[nH]ncc1CC. The van der Waals surface area contributed by atoms with Gasteiger partial charge in [-0.25, -0.2) is 8.42 Å². The first-order valence-corrected chi connectivity index (χ1v) is 6.82. The number of aromatic amines is 1. The van der Waals surface area contributed by atoms with Crippen LogP contribution in [0.2, 0.25) is 0 Å². The van der Waals surface area contributed by atoms with Gasteiger partial charge in [-0.05, 0) is 13.3 Å². The highest BCUT2D eigenvalue weighted by molar-refractivity contribution is 7.93. The second kappa shape index (κ2) is 5.67. The summed E-state index contributed by atoms with van der Waals surface area (Å²) in [6.07, 6.45) is 2.16. The molecule has 0 radical (unpaired) electrons. The molecule has 0 unspecified atom stereocenters. The molecule has 0 atom stereocenters. The summed E-state index contributed by atoms with van der Waals surface area (Å²) in [6, 6.07) is 0. The highest BCUT2D eigenvalue weighted by Crippen LogP contribution is 2.13. The van der Waals surface area contributed by atoms with E-state index < -0.39 is 21.7 Å². The van der Waals surface area contributed by atoms with Crippen molar-refractivity contribution in [3.63, 3.8) is 0 Å². The maximum atomic E-state index is 11.6. The molecule has 1 rings (SSSR count). The molecule has 0 bridgehead atoms. The number of aryl methyl sites for hydroxylation is 1. The molecule has 0 amide bonds. The summed E-state index contributed by atoms with van der Waals surface area (Å²) < 4.78 is 30.0. The number of anilines is 1. The van der Waals surface area contributed by atoms with Crippen molar-refractivity contribution in [1.82, 2.24) is 10.2 Å². The summed E-state index contributed by atoms with van der Waals surface area (Å²) in [5, 5.41) is 6.25. The summed E-state index contributed by atoms with van der Waals surface area (Å²) >= 11 is 0. The number of ether oxygens (including phenoxy) is 1. The predicted molar refractivity (Wildman–Crippen MR) is 62.0 cm³/mol. The third kappa shape index (κ3) is 4.06. The second-order valence-corrected chi connectivity index (χ2v) is 5.01. The Balaban J connectivity index is 2.70. The number of hydrogen-bond acceptors (Lipinski definition) is 5. The van der Waals surface area contributed by atoms with Gasteiger partial charge in [0, 0.05) is 5.56 Å². The fourth-order valence-electron chi connectivity index (χ4n) is 1.22. The second-order valence-electron chi connectivity index (χ2n) is 3.29. The number of nitrogens with one attached hydrogen (secondary N) is 2. The average molecular weight is 261 g/mol. The topological polar surface area (TPSA) is 101 Å². The molecule has 0 aliphatic heterocycles. The lowest BCUT2D eigenvalue weighted by Gasteiger charge is -2.06. The predicted octanol–water partition coefficient (Wildman–Crippen LogP) is 0.277. The van der Waals surface area contributed by atoms with E-state index in [-0.39, 0.29) is 12.4 Å². The van der Waals surface area contributed by atoms with Crippen molar-refractivity contribution < 1.29 is 17.9 Å². The van der Waals surface area contributed by atoms with Gasteiger partial charge in [0.25, 0.3) is 0 Å². The van der Waals surface area contributed by atoms with Gasteiger partial charge in [0.15, 0.2) is 5.75 Å². The van der Waals surface area contributed by atoms with Gasteiger partial charge in [-0.15, -0.1) is 0 Å². The standard InChI is InChI=1S/C9H15N3O4S/c1-3-7-5-10-11-9(7)12-17(14,15)6-8(13)16-4-2/h5H,3-4,6H2,1-2H3,(H2,10,11,12). The lowest BCUT2D eigenvalue weighted by Crippen LogP contribution is -2.25. The van der Waals surface area contributed by atoms with Gasteiger partial charge in [-0.3, -0.25) is 14.6 Å². The van der Waals surface area contributed by atoms with E-state index in [1.54, 1.807) is 6.92 Å². The van der Waals surface area contributed by atoms with Crippen LogP contribution < -0.4 is 4.72 Å². The van der Waals surface area contributed by atoms with Crippen LogP contribution in [0.1, 0.15) is 19.4 Å². The number of hydrogen-bond donors (Lipinski definition) is 2. The molecule has 1 heterocycles. The zero-order valence-corrected chi connectivity index (χ0v) is 10.5. The molecule has 0 saturated heterocycles. The fraction of sp³-hybridized carbons (Fsp3) is 0.556. The third-order valence-corrected chi connectivity index (χ3v) is 3.10. The minimum absolute atomic E-state index is 0.151. The normalized spacial score (nSPS) is 11.2. The van der Waals surface area contributed by atoms with Crippen molar-refractivity contribution in [1.29, 1.82) is 0 Å². The molecule has 1 aromatic rings. The Labute approximate surface area is 99.6 Å². The molecule has 0 fully saturated rings. The van der Waals surface area contributed by atoms with E-state index in [1.807, 2.05) is 6.92 Å². The quantitative estimate of drug-likeness (QED) is 0.716. The van der Waals surface area contributed by atoms with Crippen molar-refractivity contribution in [3.05, 3.63) is 11.8 Å². The van der Waals surface area contributed by atoms with Crippen molar-refractivity contribution in [2.45, 2.75) is 20.3 Å². The number of esters is 1. The van der Waals surface area contributed by atoms with Crippen LogP contribution in [0.4, 0.5) is 5.82 Å². The fourth-order valence-corrected chi connectivity index (χ4v) is 2.17. The minimum atomic E-state index is -3.75. The Morgan fingerprint density at radius 3 is 2.82 bits per heavy atom. The highest BCUT2D eigenvalue weighted by Gasteiger charge is 2.19. The molecule has 17 heavy (non-hydrogen) atoms. The van der Waals surface area contributed by atoms with Gasteiger partial charge in [-0.2, -0.15) is 5.10 Å². The van der Waals surface area contributed by atoms with Crippen LogP contribution in [0.5, 0.6) is 0 Å². The van der Waals surface area contributed by atoms with E-state index in [0.717, 1.165) is 5.56 Å². The van der Waals surface area contributed by atoms with Crippen LogP contribution in [0.3, 0.4) is 0 Å². The van der Waals surface area contributed by atoms with Crippen molar-refractivity contribution in [2.24, 2.45) is 0 Å². The number of aromatic nitrogens is 2. The number of sulfonamides is 1. The molecule has 0 saturated carbocycles. The van der Waals surface area contributed by atoms with Crippen molar-refractivity contribution in [3.8, 4) is 0 Å². The first-order chi connectivity index (χ1) is 7.98. The number of carbonyl (C=O) groups is 1. The largest absolute Gasteiger partial charge is 0.465 e. The Morgan fingerprint density at radius 2 is 2.24 bits per heavy atom. The summed E-state index contributed by atoms with van der Waals surface area (Å²) in [5.74, 6) is -1.20. The van der Waals surface area contributed by atoms with E-state index in [4.69, 9.17) is 0 Å². The zero-order valence-electron chi connectivity index (χ0n) is 9.69. The van der Waals surface area contributed by atoms with Gasteiger partial charge in [0.1, 0.15) is 5.82 Å². The van der Waals surface area contributed by atoms with E-state index in [2.05, 4.69) is 19.7 Å². The Hall–Kier alpha value is -1.57. The average Bonchev–Trinajstić information content (AvgIpc) is 2.63. The Kier molecular flexibility index (Phi) is 4.50. The lowest BCUT2D eigenvalue weighted by molar-refractivity contribution is -0.139. The molecule has 8 heteroatoms. The van der Waals surface area contributed by atoms with E-state index in [0.29, 0.717) is 6.42 Å². The number of H-pyrrole nitrogens is 1. The molecule has 1 aromatic heterocycles. The Morgan fingerprint density at radius 1 is 1.53 bits per heavy atom. The minimum Gasteiger partial charge on any atom is -0.465 e. The van der Waals surface area contributed by atoms with Crippen LogP contribution in [0, 0.1) is 0 Å². The first kappa shape index (κ1) is 13.5. The van der Waals surface area contributed by atoms with E-state index in [1.165, 1.54) is 6.20 Å². The van der Waals surface area contributed by atoms with Crippen LogP contribution in [-0.2, 0) is 26.0 Å². The smallest absolute Gasteiger partial charge is 0.323 e. The molecule has 0 spiro atoms. The molecule has 0 aliphatic carbocycles. The van der Waals surface area contributed by atoms with Crippen molar-refractivity contribution in [2.75, 3.05) is 17.1 Å². The monoisotopic (exact) mass is 261 g/mol. The molecule has 0 aliphatic rings. The number of rotatable bonds is 6. The van der Waals surface area contributed by atoms with E-state index >= 15 is 0 Å². The maximum absolute atomic E-state index is 11.6. The van der Waals surface area contributed by atoms with Crippen LogP contribution >= 0.6 is 0 Å². The van der Waals surface area contributed by atoms with Gasteiger partial charge < -0.3 is 4.74 Å². The maximum Gasteiger partial charge on any atom is 0.323 e. The molecule has 96 valence electrons. The van der Waals surface area contributed by atoms with Gasteiger partial charge >= 0.3 is 5.97 Å². The van der Waals surface area contributed by atoms with Gasteiger partial charge in [0.05, 0.1) is 12.8 Å². The van der Waals surface area contributed by atoms with E-state index in [9.17, 15) is 13.2 Å². The molecular weight excluding hydrogens is 246 g/mol. The zero-order chi connectivity index (χ0) is 12.9. The lowest BCUT2D eigenvalue weighted by atomic mass is 10.3. The Bertz CT molecular complexity index is 480. The molecule has 0 aromatic carbocycles. The number of nitrogens with zero attached hydrogens (tertiary/aromatic N) is 1. The third-order valence-electron chi connectivity index (χ3n) is 1.97. The molecule has 2 N–H and O–H groups in total. The van der Waals surface area contributed by atoms with Gasteiger partial charge in [0.2, 0.25) is 10.0 Å². The summed E-state index contributed by atoms with van der Waals surface area (Å²) in [6.45, 7) is 3.63. The van der Waals surface area contributed by atoms with Crippen LogP contribution in [0.25, 0.3) is 0 Å². The van der Waals surface area contributed by atoms with Crippen molar-refractivity contribution >= 4 is 21.8 Å². The summed E-state index contributed by atoms with van der Waals surface area (Å²) in [5.41, 5.74) is 0.734. The molecular formula is C9H15N3O4S. The highest BCUT2D eigenvalue weighted by atomic mass is 32.2. The first-order valence-electron chi connectivity index (χ1n) is 5.16. The summed E-state index contributed by atoms with van der Waals surface area (Å²) in [4.78, 5) is 11.1. The van der Waals surface area contributed by atoms with Crippen LogP contribution in [-0.4, -0.2) is 36.9 Å². The van der Waals surface area contributed by atoms with Crippen LogP contribution in [0.15, 0.2) is 6.20 Å². The number of carbonyl (C=O) groups excluding carboxylic acids is 1. The van der Waals surface area contributed by atoms with Gasteiger partial charge in [-0.1, -0.05) is 6.92 Å².